The molecule has 0 aromatic carbocycles. The molecule has 0 bridgehead atoms. The highest BCUT2D eigenvalue weighted by Gasteiger charge is 2.66. The van der Waals surface area contributed by atoms with Gasteiger partial charge in [0.05, 0.1) is 11.0 Å². The molecule has 4 atom stereocenters. The van der Waals surface area contributed by atoms with Gasteiger partial charge in [-0.1, -0.05) is 19.1 Å². The third kappa shape index (κ3) is 2.73. The summed E-state index contributed by atoms with van der Waals surface area (Å²) in [5, 5.41) is 33.6. The van der Waals surface area contributed by atoms with Gasteiger partial charge >= 0.3 is 0 Å². The second-order valence-electron chi connectivity index (χ2n) is 9.05. The Morgan fingerprint density at radius 1 is 1.25 bits per heavy atom. The summed E-state index contributed by atoms with van der Waals surface area (Å²) >= 11 is 0. The molecule has 0 heterocycles. The van der Waals surface area contributed by atoms with Crippen LogP contribution in [0.1, 0.15) is 39.0 Å². The van der Waals surface area contributed by atoms with Gasteiger partial charge in [0, 0.05) is 24.5 Å². The van der Waals surface area contributed by atoms with E-state index in [2.05, 4.69) is 4.90 Å². The van der Waals surface area contributed by atoms with Gasteiger partial charge in [0.1, 0.15) is 6.10 Å². The van der Waals surface area contributed by atoms with Gasteiger partial charge in [-0.05, 0) is 56.8 Å². The topological polar surface area (TPSA) is 98.1 Å². The van der Waals surface area contributed by atoms with E-state index >= 15 is 0 Å². The zero-order valence-electron chi connectivity index (χ0n) is 16.5. The van der Waals surface area contributed by atoms with Gasteiger partial charge in [-0.25, -0.2) is 0 Å². The number of rotatable bonds is 5. The molecule has 6 nitrogen and oxygen atoms in total. The van der Waals surface area contributed by atoms with Gasteiger partial charge < -0.3 is 20.2 Å². The first-order valence-electron chi connectivity index (χ1n) is 10.2. The lowest BCUT2D eigenvalue weighted by Crippen LogP contribution is -2.67. The van der Waals surface area contributed by atoms with Gasteiger partial charge in [-0.15, -0.1) is 0 Å². The van der Waals surface area contributed by atoms with Crippen LogP contribution in [0.25, 0.3) is 0 Å². The molecule has 0 aliphatic heterocycles. The summed E-state index contributed by atoms with van der Waals surface area (Å²) in [5.74, 6) is -0.997. The van der Waals surface area contributed by atoms with Crippen molar-refractivity contribution >= 4 is 11.6 Å². The van der Waals surface area contributed by atoms with Crippen molar-refractivity contribution in [2.45, 2.75) is 50.7 Å². The fraction of sp³-hybridized carbons (Fsp3) is 0.636. The molecule has 28 heavy (non-hydrogen) atoms. The fourth-order valence-electron chi connectivity index (χ4n) is 5.45. The van der Waals surface area contributed by atoms with Crippen LogP contribution < -0.4 is 0 Å². The van der Waals surface area contributed by atoms with Crippen molar-refractivity contribution in [1.29, 1.82) is 0 Å². The third-order valence-electron chi connectivity index (χ3n) is 7.25. The highest BCUT2D eigenvalue weighted by Crippen LogP contribution is 2.60. The minimum absolute atomic E-state index is 0.0860. The molecule has 6 heteroatoms. The molecule has 4 aliphatic rings. The lowest BCUT2D eigenvalue weighted by molar-refractivity contribution is -0.186. The minimum Gasteiger partial charge on any atom is -0.504 e. The van der Waals surface area contributed by atoms with Crippen LogP contribution in [0.5, 0.6) is 0 Å². The Morgan fingerprint density at radius 3 is 2.64 bits per heavy atom. The van der Waals surface area contributed by atoms with E-state index in [1.165, 1.54) is 18.9 Å². The number of fused-ring (bicyclic) bond motifs is 3. The normalized spacial score (nSPS) is 37.8. The Hall–Kier alpha value is -1.76. The Kier molecular flexibility index (Phi) is 4.64. The number of carbonyl (C=O) groups excluding carboxylic acids is 2. The van der Waals surface area contributed by atoms with Crippen molar-refractivity contribution in [3.63, 3.8) is 0 Å². The van der Waals surface area contributed by atoms with Gasteiger partial charge in [-0.3, -0.25) is 9.59 Å². The van der Waals surface area contributed by atoms with Gasteiger partial charge in [-0.2, -0.15) is 0 Å². The first kappa shape index (κ1) is 19.6. The molecule has 3 N–H and O–H groups in total. The maximum atomic E-state index is 12.6. The summed E-state index contributed by atoms with van der Waals surface area (Å²) in [7, 11) is 1.99. The van der Waals surface area contributed by atoms with Crippen LogP contribution in [0.15, 0.2) is 35.1 Å². The van der Waals surface area contributed by atoms with Crippen LogP contribution in [0.2, 0.25) is 0 Å². The molecular formula is C22H29NO5. The van der Waals surface area contributed by atoms with E-state index in [1.54, 1.807) is 6.08 Å². The summed E-state index contributed by atoms with van der Waals surface area (Å²) in [6.07, 6.45) is 6.32. The molecule has 1 unspecified atom stereocenters. The molecule has 2 fully saturated rings. The lowest BCUT2D eigenvalue weighted by Gasteiger charge is -2.58. The smallest absolute Gasteiger partial charge is 0.220 e. The van der Waals surface area contributed by atoms with Crippen molar-refractivity contribution < 1.29 is 24.9 Å². The standard InChI is InChI=1S/C22H29NO5/c1-13-11-15-5-6-16(24)19(26)18(15)21(9-10-23(2)12-14-3-4-14)20(27)17(25)7-8-22(13,21)28/h5-6,11,13-14,20,26-28H,3-4,7-10,12H2,1-2H3/t13-,20?,21+,22-/m1/s1. The number of hydrogen-bond acceptors (Lipinski definition) is 6. The number of carbonyl (C=O) groups is 2. The zero-order chi connectivity index (χ0) is 20.3. The molecule has 0 radical (unpaired) electrons. The van der Waals surface area contributed by atoms with Crippen LogP contribution in [0.4, 0.5) is 0 Å². The summed E-state index contributed by atoms with van der Waals surface area (Å²) in [4.78, 5) is 27.0. The maximum absolute atomic E-state index is 12.6. The van der Waals surface area contributed by atoms with Crippen LogP contribution >= 0.6 is 0 Å². The predicted molar refractivity (Wildman–Crippen MR) is 104 cm³/mol. The molecule has 152 valence electrons. The second kappa shape index (κ2) is 6.65. The van der Waals surface area contributed by atoms with Crippen molar-refractivity contribution in [2.75, 3.05) is 20.1 Å². The van der Waals surface area contributed by atoms with Crippen molar-refractivity contribution in [1.82, 2.24) is 4.90 Å². The summed E-state index contributed by atoms with van der Waals surface area (Å²) < 4.78 is 0. The minimum atomic E-state index is -1.46. The Balaban J connectivity index is 1.82. The Bertz CT molecular complexity index is 808. The van der Waals surface area contributed by atoms with Gasteiger partial charge in [0.25, 0.3) is 0 Å². The largest absolute Gasteiger partial charge is 0.504 e. The molecule has 0 saturated heterocycles. The van der Waals surface area contributed by atoms with Crippen LogP contribution in [-0.4, -0.2) is 63.6 Å². The van der Waals surface area contributed by atoms with Gasteiger partial charge in [0.2, 0.25) is 5.78 Å². The van der Waals surface area contributed by atoms with E-state index in [9.17, 15) is 24.9 Å². The molecule has 0 amide bonds. The number of hydrogen-bond donors (Lipinski definition) is 3. The lowest BCUT2D eigenvalue weighted by atomic mass is 9.48. The predicted octanol–water partition coefficient (Wildman–Crippen LogP) is 1.69. The number of ketones is 2. The number of aliphatic hydroxyl groups excluding tert-OH is 2. The fourth-order valence-corrected chi connectivity index (χ4v) is 5.45. The third-order valence-corrected chi connectivity index (χ3v) is 7.25. The van der Waals surface area contributed by atoms with Crippen LogP contribution in [-0.2, 0) is 9.59 Å². The quantitative estimate of drug-likeness (QED) is 0.664. The van der Waals surface area contributed by atoms with E-state index in [1.807, 2.05) is 20.0 Å². The number of allylic oxidation sites excluding steroid dienone is 3. The van der Waals surface area contributed by atoms with Crippen LogP contribution in [0, 0.1) is 17.3 Å². The number of aliphatic hydroxyl groups is 3. The van der Waals surface area contributed by atoms with Crippen molar-refractivity contribution in [3.8, 4) is 0 Å². The summed E-state index contributed by atoms with van der Waals surface area (Å²) in [6.45, 7) is 3.36. The maximum Gasteiger partial charge on any atom is 0.220 e. The second-order valence-corrected chi connectivity index (χ2v) is 9.05. The van der Waals surface area contributed by atoms with E-state index in [0.717, 1.165) is 6.54 Å². The van der Waals surface area contributed by atoms with E-state index in [-0.39, 0.29) is 30.1 Å². The molecule has 0 aromatic rings. The zero-order valence-corrected chi connectivity index (χ0v) is 16.5. The van der Waals surface area contributed by atoms with Crippen molar-refractivity contribution in [2.24, 2.45) is 17.3 Å². The molecule has 4 aliphatic carbocycles. The number of Topliss-reactive ketones (excluding diaryl/α,β-unsaturated/α-hetero) is 1. The Labute approximate surface area is 165 Å². The average molecular weight is 387 g/mol. The highest BCUT2D eigenvalue weighted by atomic mass is 16.3. The first-order valence-corrected chi connectivity index (χ1v) is 10.2. The van der Waals surface area contributed by atoms with E-state index < -0.39 is 28.7 Å². The monoisotopic (exact) mass is 387 g/mol. The summed E-state index contributed by atoms with van der Waals surface area (Å²) in [5.41, 5.74) is -1.94. The summed E-state index contributed by atoms with van der Waals surface area (Å²) in [6, 6.07) is 0. The molecule has 2 saturated carbocycles. The SMILES string of the molecule is C[C@@H]1C=C2C=CC(=O)C(O)=C2[C@@]2(CCN(C)CC3CC3)C(O)C(=O)CC[C@@]12O. The van der Waals surface area contributed by atoms with Crippen LogP contribution in [0.3, 0.4) is 0 Å². The number of nitrogens with zero attached hydrogens (tertiary/aromatic N) is 1. The Morgan fingerprint density at radius 2 is 1.96 bits per heavy atom. The van der Waals surface area contributed by atoms with Crippen molar-refractivity contribution in [3.05, 3.63) is 35.1 Å². The molecule has 0 aromatic heterocycles. The van der Waals surface area contributed by atoms with E-state index in [0.29, 0.717) is 24.5 Å². The molecule has 0 spiro atoms. The van der Waals surface area contributed by atoms with Gasteiger partial charge in [0.15, 0.2) is 11.5 Å². The highest BCUT2D eigenvalue weighted by molar-refractivity contribution is 6.06. The molecular weight excluding hydrogens is 358 g/mol. The average Bonchev–Trinajstić information content (AvgIpc) is 3.46. The first-order chi connectivity index (χ1) is 13.2. The van der Waals surface area contributed by atoms with E-state index in [4.69, 9.17) is 0 Å². The molecule has 4 rings (SSSR count).